The van der Waals surface area contributed by atoms with Crippen LogP contribution >= 0.6 is 0 Å². The first kappa shape index (κ1) is 16.3. The van der Waals surface area contributed by atoms with E-state index < -0.39 is 44.5 Å². The van der Waals surface area contributed by atoms with Crippen LogP contribution in [0.25, 0.3) is 0 Å². The lowest BCUT2D eigenvalue weighted by atomic mass is 9.99. The van der Waals surface area contributed by atoms with E-state index >= 15 is 0 Å². The largest absolute Gasteiger partial charge is 0.296 e. The van der Waals surface area contributed by atoms with Gasteiger partial charge in [-0.1, -0.05) is 6.92 Å². The molecule has 8 nitrogen and oxygen atoms in total. The summed E-state index contributed by atoms with van der Waals surface area (Å²) < 4.78 is 13.8. The molecule has 0 bridgehead atoms. The second-order valence-electron chi connectivity index (χ2n) is 4.13. The molecule has 0 aliphatic rings. The fourth-order valence-electron chi connectivity index (χ4n) is 1.73. The predicted octanol–water partition coefficient (Wildman–Crippen LogP) is 2.39. The summed E-state index contributed by atoms with van der Waals surface area (Å²) in [4.78, 5) is 42.9. The van der Waals surface area contributed by atoms with E-state index in [1.807, 2.05) is 0 Å². The molecule has 1 aromatic carbocycles. The number of benzene rings is 1. The molecule has 0 amide bonds. The first-order valence-corrected chi connectivity index (χ1v) is 5.94. The zero-order valence-electron chi connectivity index (χ0n) is 10.9. The van der Waals surface area contributed by atoms with E-state index in [0.29, 0.717) is 0 Å². The van der Waals surface area contributed by atoms with Gasteiger partial charge < -0.3 is 0 Å². The van der Waals surface area contributed by atoms with Crippen molar-refractivity contribution in [2.75, 3.05) is 0 Å². The van der Waals surface area contributed by atoms with E-state index in [1.54, 1.807) is 6.92 Å². The Morgan fingerprint density at radius 1 is 1.19 bits per heavy atom. The first-order chi connectivity index (χ1) is 9.81. The number of carbonyl (C=O) groups is 2. The van der Waals surface area contributed by atoms with Gasteiger partial charge in [0.05, 0.1) is 9.85 Å². The van der Waals surface area contributed by atoms with E-state index in [0.717, 1.165) is 18.2 Å². The Labute approximate surface area is 117 Å². The quantitative estimate of drug-likeness (QED) is 0.330. The molecule has 112 valence electrons. The highest BCUT2D eigenvalue weighted by molar-refractivity contribution is 6.16. The van der Waals surface area contributed by atoms with E-state index in [4.69, 9.17) is 0 Å². The second kappa shape index (κ2) is 6.64. The highest BCUT2D eigenvalue weighted by atomic mass is 19.1. The van der Waals surface area contributed by atoms with Gasteiger partial charge in [0.15, 0.2) is 11.3 Å². The Morgan fingerprint density at radius 3 is 2.05 bits per heavy atom. The van der Waals surface area contributed by atoms with E-state index in [9.17, 15) is 34.2 Å². The first-order valence-electron chi connectivity index (χ1n) is 5.94. The number of nitro benzene ring substituents is 2. The SMILES string of the molecule is CCCC(=O)C(F)C(=O)c1c([N+](=O)[O-])cccc1[N+](=O)[O-]. The number of nitrogens with zero attached hydrogens (tertiary/aromatic N) is 2. The van der Waals surface area contributed by atoms with Crippen LogP contribution in [0, 0.1) is 20.2 Å². The summed E-state index contributed by atoms with van der Waals surface area (Å²) >= 11 is 0. The maximum Gasteiger partial charge on any atom is 0.287 e. The third kappa shape index (κ3) is 3.44. The van der Waals surface area contributed by atoms with E-state index in [2.05, 4.69) is 0 Å². The Morgan fingerprint density at radius 2 is 1.67 bits per heavy atom. The summed E-state index contributed by atoms with van der Waals surface area (Å²) in [7, 11) is 0. The molecule has 21 heavy (non-hydrogen) atoms. The molecule has 1 atom stereocenters. The topological polar surface area (TPSA) is 120 Å². The summed E-state index contributed by atoms with van der Waals surface area (Å²) in [6.45, 7) is 1.59. The summed E-state index contributed by atoms with van der Waals surface area (Å²) in [6.07, 6.45) is -2.60. The molecule has 0 saturated heterocycles. The fraction of sp³-hybridized carbons (Fsp3) is 0.333. The fourth-order valence-corrected chi connectivity index (χ4v) is 1.73. The van der Waals surface area contributed by atoms with Crippen LogP contribution in [-0.4, -0.2) is 27.6 Å². The molecule has 0 spiro atoms. The summed E-state index contributed by atoms with van der Waals surface area (Å²) in [6, 6.07) is 2.70. The molecule has 1 aromatic rings. The van der Waals surface area contributed by atoms with E-state index in [1.165, 1.54) is 0 Å². The zero-order valence-corrected chi connectivity index (χ0v) is 10.9. The second-order valence-corrected chi connectivity index (χ2v) is 4.13. The molecule has 0 aliphatic heterocycles. The third-order valence-corrected chi connectivity index (χ3v) is 2.67. The van der Waals surface area contributed by atoms with Crippen molar-refractivity contribution in [3.05, 3.63) is 44.0 Å². The van der Waals surface area contributed by atoms with Gasteiger partial charge >= 0.3 is 0 Å². The Kier molecular flexibility index (Phi) is 5.17. The highest BCUT2D eigenvalue weighted by Gasteiger charge is 2.37. The number of halogens is 1. The standard InChI is InChI=1S/C12H11FN2O6/c1-2-4-9(16)11(13)12(17)10-7(14(18)19)5-3-6-8(10)15(20)21/h3,5-6,11H,2,4H2,1H3. The minimum absolute atomic E-state index is 0.235. The molecule has 0 fully saturated rings. The Balaban J connectivity index is 3.39. The van der Waals surface area contributed by atoms with Crippen LogP contribution < -0.4 is 0 Å². The lowest BCUT2D eigenvalue weighted by Gasteiger charge is -2.07. The summed E-state index contributed by atoms with van der Waals surface area (Å²) in [5.74, 6) is -2.62. The van der Waals surface area contributed by atoms with Gasteiger partial charge in [0, 0.05) is 18.6 Å². The summed E-state index contributed by atoms with van der Waals surface area (Å²) in [5.41, 5.74) is -2.80. The number of carbonyl (C=O) groups excluding carboxylic acids is 2. The van der Waals surface area contributed by atoms with E-state index in [-0.39, 0.29) is 12.8 Å². The number of rotatable bonds is 7. The molecule has 1 unspecified atom stereocenters. The van der Waals surface area contributed by atoms with Gasteiger partial charge in [-0.3, -0.25) is 29.8 Å². The minimum atomic E-state index is -2.65. The zero-order chi connectivity index (χ0) is 16.2. The maximum absolute atomic E-state index is 13.8. The van der Waals surface area contributed by atoms with Crippen LogP contribution in [0.5, 0.6) is 0 Å². The van der Waals surface area contributed by atoms with Crippen molar-refractivity contribution >= 4 is 22.9 Å². The minimum Gasteiger partial charge on any atom is -0.296 e. The van der Waals surface area contributed by atoms with Gasteiger partial charge in [0.1, 0.15) is 0 Å². The van der Waals surface area contributed by atoms with Crippen molar-refractivity contribution in [1.29, 1.82) is 0 Å². The van der Waals surface area contributed by atoms with Crippen molar-refractivity contribution in [1.82, 2.24) is 0 Å². The average molecular weight is 298 g/mol. The van der Waals surface area contributed by atoms with Gasteiger partial charge in [-0.25, -0.2) is 4.39 Å². The van der Waals surface area contributed by atoms with Crippen LogP contribution in [0.3, 0.4) is 0 Å². The van der Waals surface area contributed by atoms with Crippen molar-refractivity contribution < 1.29 is 23.8 Å². The Bertz CT molecular complexity index is 584. The molecule has 0 aliphatic carbocycles. The lowest BCUT2D eigenvalue weighted by molar-refractivity contribution is -0.394. The number of alkyl halides is 1. The highest BCUT2D eigenvalue weighted by Crippen LogP contribution is 2.30. The molecule has 0 N–H and O–H groups in total. The normalized spacial score (nSPS) is 11.7. The molecule has 0 heterocycles. The number of Topliss-reactive ketones (excluding diaryl/α,β-unsaturated/α-hetero) is 2. The molecular weight excluding hydrogens is 287 g/mol. The van der Waals surface area contributed by atoms with Crippen LogP contribution in [0.15, 0.2) is 18.2 Å². The van der Waals surface area contributed by atoms with Crippen LogP contribution in [0.1, 0.15) is 30.1 Å². The molecule has 0 saturated carbocycles. The van der Waals surface area contributed by atoms with Crippen molar-refractivity contribution in [2.45, 2.75) is 25.9 Å². The molecule has 0 aromatic heterocycles. The monoisotopic (exact) mass is 298 g/mol. The average Bonchev–Trinajstić information content (AvgIpc) is 2.44. The van der Waals surface area contributed by atoms with Crippen molar-refractivity contribution in [3.63, 3.8) is 0 Å². The van der Waals surface area contributed by atoms with Crippen LogP contribution in [0.4, 0.5) is 15.8 Å². The molecule has 1 rings (SSSR count). The van der Waals surface area contributed by atoms with Gasteiger partial charge in [-0.15, -0.1) is 0 Å². The maximum atomic E-state index is 13.8. The van der Waals surface area contributed by atoms with Crippen LogP contribution in [0.2, 0.25) is 0 Å². The Hall–Kier alpha value is -2.71. The number of hydrogen-bond acceptors (Lipinski definition) is 6. The van der Waals surface area contributed by atoms with Gasteiger partial charge in [0.2, 0.25) is 12.0 Å². The van der Waals surface area contributed by atoms with Crippen molar-refractivity contribution in [2.24, 2.45) is 0 Å². The number of nitro groups is 2. The smallest absolute Gasteiger partial charge is 0.287 e. The third-order valence-electron chi connectivity index (χ3n) is 2.67. The lowest BCUT2D eigenvalue weighted by Crippen LogP contribution is -2.27. The van der Waals surface area contributed by atoms with Gasteiger partial charge in [-0.05, 0) is 12.5 Å². The van der Waals surface area contributed by atoms with Crippen LogP contribution in [-0.2, 0) is 4.79 Å². The molecule has 9 heteroatoms. The summed E-state index contributed by atoms with van der Waals surface area (Å²) in [5, 5.41) is 21.7. The van der Waals surface area contributed by atoms with Crippen molar-refractivity contribution in [3.8, 4) is 0 Å². The number of hydrogen-bond donors (Lipinski definition) is 0. The molecular formula is C12H11FN2O6. The predicted molar refractivity (Wildman–Crippen MR) is 68.9 cm³/mol. The van der Waals surface area contributed by atoms with Gasteiger partial charge in [0.25, 0.3) is 11.4 Å². The molecule has 0 radical (unpaired) electrons. The van der Waals surface area contributed by atoms with Gasteiger partial charge in [-0.2, -0.15) is 0 Å². The number of ketones is 2.